The van der Waals surface area contributed by atoms with E-state index >= 15 is 0 Å². The molecule has 0 unspecified atom stereocenters. The number of halogens is 1. The minimum absolute atomic E-state index is 0.00897. The number of anilines is 1. The van der Waals surface area contributed by atoms with E-state index in [1.807, 2.05) is 24.3 Å². The highest BCUT2D eigenvalue weighted by atomic mass is 35.5. The summed E-state index contributed by atoms with van der Waals surface area (Å²) in [6, 6.07) is 9.81. The van der Waals surface area contributed by atoms with Crippen LogP contribution in [0.1, 0.15) is 59.0 Å². The minimum Gasteiger partial charge on any atom is -0.462 e. The molecule has 1 saturated heterocycles. The first-order valence-electron chi connectivity index (χ1n) is 13.8. The van der Waals surface area contributed by atoms with Gasteiger partial charge in [0.1, 0.15) is 16.6 Å². The topological polar surface area (TPSA) is 91.7 Å². The van der Waals surface area contributed by atoms with Crippen LogP contribution in [0.25, 0.3) is 6.08 Å². The molecule has 40 heavy (non-hydrogen) atoms. The lowest BCUT2D eigenvalue weighted by Gasteiger charge is -2.31. The maximum absolute atomic E-state index is 13.4. The number of benzene rings is 1. The molecule has 3 aliphatic rings. The van der Waals surface area contributed by atoms with Gasteiger partial charge in [0.2, 0.25) is 0 Å². The van der Waals surface area contributed by atoms with Gasteiger partial charge in [-0.15, -0.1) is 11.3 Å². The van der Waals surface area contributed by atoms with Crippen LogP contribution in [-0.4, -0.2) is 49.7 Å². The second-order valence-corrected chi connectivity index (χ2v) is 11.5. The Bertz CT molecular complexity index is 1430. The number of amides is 1. The number of allylic oxidation sites excluding steroid dienone is 3. The fraction of sp³-hybridized carbons (Fsp3) is 0.387. The van der Waals surface area contributed by atoms with Crippen molar-refractivity contribution < 1.29 is 19.1 Å². The van der Waals surface area contributed by atoms with Crippen LogP contribution < -0.4 is 5.32 Å². The molecular formula is C31H32ClN3O4S. The van der Waals surface area contributed by atoms with E-state index in [0.29, 0.717) is 35.2 Å². The van der Waals surface area contributed by atoms with Gasteiger partial charge < -0.3 is 19.7 Å². The van der Waals surface area contributed by atoms with Crippen molar-refractivity contribution in [2.75, 3.05) is 38.2 Å². The van der Waals surface area contributed by atoms with Gasteiger partial charge in [-0.25, -0.2) is 4.79 Å². The summed E-state index contributed by atoms with van der Waals surface area (Å²) in [5, 5.41) is 14.1. The Morgan fingerprint density at radius 2 is 1.90 bits per heavy atom. The molecule has 0 spiro atoms. The number of nitriles is 1. The van der Waals surface area contributed by atoms with E-state index in [1.165, 1.54) is 11.3 Å². The Labute approximate surface area is 243 Å². The van der Waals surface area contributed by atoms with Crippen LogP contribution in [0.2, 0.25) is 5.02 Å². The van der Waals surface area contributed by atoms with Crippen LogP contribution in [0.3, 0.4) is 0 Å². The molecule has 0 saturated carbocycles. The first-order chi connectivity index (χ1) is 19.5. The zero-order valence-corrected chi connectivity index (χ0v) is 24.1. The molecule has 1 aromatic heterocycles. The fourth-order valence-corrected chi connectivity index (χ4v) is 6.91. The number of nitrogens with zero attached hydrogens (tertiary/aromatic N) is 2. The van der Waals surface area contributed by atoms with Crippen molar-refractivity contribution in [3.8, 4) is 6.07 Å². The van der Waals surface area contributed by atoms with Gasteiger partial charge in [0.25, 0.3) is 5.91 Å². The largest absolute Gasteiger partial charge is 0.462 e. The van der Waals surface area contributed by atoms with Gasteiger partial charge in [-0.05, 0) is 92.0 Å². The molecule has 2 aliphatic carbocycles. The molecule has 1 aromatic carbocycles. The predicted octanol–water partition coefficient (Wildman–Crippen LogP) is 6.31. The monoisotopic (exact) mass is 577 g/mol. The molecule has 1 fully saturated rings. The first kappa shape index (κ1) is 28.2. The van der Waals surface area contributed by atoms with E-state index in [-0.39, 0.29) is 12.2 Å². The Balaban J connectivity index is 1.48. The zero-order valence-electron chi connectivity index (χ0n) is 22.6. The second kappa shape index (κ2) is 12.9. The van der Waals surface area contributed by atoms with Crippen LogP contribution in [0.5, 0.6) is 0 Å². The standard InChI is InChI=1S/C31H32ClN3O4S/c1-2-39-31(37)27-25-5-3-4-6-26(25)40-30(27)34-29(36)23(19-33)18-22-10-9-21(17-20-7-11-24(32)12-8-20)28(22)35-13-15-38-16-14-35/h7-8,11-12,17-18H,2-6,9-10,13-16H2,1H3,(H,34,36)/b21-17+,23-18-. The van der Waals surface area contributed by atoms with Crippen molar-refractivity contribution in [1.29, 1.82) is 5.26 Å². The smallest absolute Gasteiger partial charge is 0.341 e. The summed E-state index contributed by atoms with van der Waals surface area (Å²) in [6.07, 6.45) is 9.08. The molecule has 1 aliphatic heterocycles. The Kier molecular flexibility index (Phi) is 9.05. The lowest BCUT2D eigenvalue weighted by Crippen LogP contribution is -2.36. The van der Waals surface area contributed by atoms with Crippen molar-refractivity contribution in [1.82, 2.24) is 4.90 Å². The number of carbonyl (C=O) groups is 2. The summed E-state index contributed by atoms with van der Waals surface area (Å²) in [5.74, 6) is -0.944. The summed E-state index contributed by atoms with van der Waals surface area (Å²) in [6.45, 7) is 4.75. The molecule has 0 bridgehead atoms. The summed E-state index contributed by atoms with van der Waals surface area (Å²) in [5.41, 5.74) is 5.62. The molecule has 1 N–H and O–H groups in total. The number of rotatable bonds is 7. The third-order valence-electron chi connectivity index (χ3n) is 7.37. The molecule has 7 nitrogen and oxygen atoms in total. The Morgan fingerprint density at radius 1 is 1.15 bits per heavy atom. The predicted molar refractivity (Wildman–Crippen MR) is 157 cm³/mol. The number of hydrogen-bond acceptors (Lipinski definition) is 7. The van der Waals surface area contributed by atoms with Crippen molar-refractivity contribution in [3.05, 3.63) is 79.3 Å². The highest BCUT2D eigenvalue weighted by molar-refractivity contribution is 7.17. The molecule has 208 valence electrons. The fourth-order valence-electron chi connectivity index (χ4n) is 5.51. The van der Waals surface area contributed by atoms with Crippen molar-refractivity contribution in [2.45, 2.75) is 45.4 Å². The Morgan fingerprint density at radius 3 is 2.62 bits per heavy atom. The highest BCUT2D eigenvalue weighted by Crippen LogP contribution is 2.40. The van der Waals surface area contributed by atoms with Gasteiger partial charge in [-0.1, -0.05) is 23.7 Å². The number of aryl methyl sites for hydroxylation is 1. The maximum Gasteiger partial charge on any atom is 0.341 e. The number of fused-ring (bicyclic) bond motifs is 1. The minimum atomic E-state index is -0.518. The molecule has 0 atom stereocenters. The summed E-state index contributed by atoms with van der Waals surface area (Å²) in [7, 11) is 0. The van der Waals surface area contributed by atoms with E-state index in [1.54, 1.807) is 13.0 Å². The molecule has 0 radical (unpaired) electrons. The quantitative estimate of drug-likeness (QED) is 0.236. The normalized spacial score (nSPS) is 18.5. The van der Waals surface area contributed by atoms with E-state index in [4.69, 9.17) is 21.1 Å². The van der Waals surface area contributed by atoms with Gasteiger partial charge in [0.05, 0.1) is 25.4 Å². The van der Waals surface area contributed by atoms with E-state index in [2.05, 4.69) is 22.4 Å². The van der Waals surface area contributed by atoms with Crippen LogP contribution in [0, 0.1) is 11.3 Å². The SMILES string of the molecule is CCOC(=O)c1c(NC(=O)/C(C#N)=C\C2=C(N3CCOCC3)C(=C/c3ccc(Cl)cc3)/CC2)sc2c1CCCC2. The molecule has 5 rings (SSSR count). The number of thiophene rings is 1. The summed E-state index contributed by atoms with van der Waals surface area (Å²) in [4.78, 5) is 29.7. The van der Waals surface area contributed by atoms with Crippen LogP contribution in [-0.2, 0) is 27.1 Å². The number of carbonyl (C=O) groups excluding carboxylic acids is 2. The highest BCUT2D eigenvalue weighted by Gasteiger charge is 2.29. The number of ether oxygens (including phenoxy) is 2. The molecule has 2 aromatic rings. The lowest BCUT2D eigenvalue weighted by atomic mass is 9.95. The van der Waals surface area contributed by atoms with E-state index in [0.717, 1.165) is 78.0 Å². The van der Waals surface area contributed by atoms with Gasteiger partial charge in [0, 0.05) is 28.7 Å². The summed E-state index contributed by atoms with van der Waals surface area (Å²) >= 11 is 7.50. The maximum atomic E-state index is 13.4. The molecule has 9 heteroatoms. The molecule has 2 heterocycles. The number of hydrogen-bond donors (Lipinski definition) is 1. The third kappa shape index (κ3) is 6.17. The van der Waals surface area contributed by atoms with E-state index < -0.39 is 11.9 Å². The van der Waals surface area contributed by atoms with Crippen LogP contribution in [0.15, 0.2) is 52.8 Å². The number of nitrogens with one attached hydrogen (secondary N) is 1. The first-order valence-corrected chi connectivity index (χ1v) is 14.9. The lowest BCUT2D eigenvalue weighted by molar-refractivity contribution is -0.112. The van der Waals surface area contributed by atoms with Crippen molar-refractivity contribution in [2.24, 2.45) is 0 Å². The third-order valence-corrected chi connectivity index (χ3v) is 8.83. The number of morpholine rings is 1. The Hall–Kier alpha value is -3.38. The van der Waals surface area contributed by atoms with Gasteiger partial charge in [-0.3, -0.25) is 4.79 Å². The zero-order chi connectivity index (χ0) is 28.1. The number of esters is 1. The van der Waals surface area contributed by atoms with Crippen molar-refractivity contribution >= 4 is 45.9 Å². The molecular weight excluding hydrogens is 546 g/mol. The average molecular weight is 578 g/mol. The summed E-state index contributed by atoms with van der Waals surface area (Å²) < 4.78 is 10.9. The van der Waals surface area contributed by atoms with Crippen LogP contribution in [0.4, 0.5) is 5.00 Å². The van der Waals surface area contributed by atoms with Gasteiger partial charge in [-0.2, -0.15) is 5.26 Å². The second-order valence-electron chi connectivity index (χ2n) is 9.95. The average Bonchev–Trinajstić information content (AvgIpc) is 3.53. The van der Waals surface area contributed by atoms with E-state index in [9.17, 15) is 14.9 Å². The van der Waals surface area contributed by atoms with Crippen LogP contribution >= 0.6 is 22.9 Å². The molecule has 1 amide bonds. The van der Waals surface area contributed by atoms with Crippen molar-refractivity contribution in [3.63, 3.8) is 0 Å². The van der Waals surface area contributed by atoms with Gasteiger partial charge in [0.15, 0.2) is 0 Å². The van der Waals surface area contributed by atoms with Gasteiger partial charge >= 0.3 is 5.97 Å².